The number of hydrogen-bond acceptors (Lipinski definition) is 3. The molecule has 3 rings (SSSR count). The van der Waals surface area contributed by atoms with Crippen LogP contribution in [0.4, 0.5) is 0 Å². The first-order valence-corrected chi connectivity index (χ1v) is 7.32. The Bertz CT molecular complexity index is 460. The van der Waals surface area contributed by atoms with Crippen molar-refractivity contribution in [2.45, 2.75) is 51.0 Å². The first-order valence-electron chi connectivity index (χ1n) is 7.32. The molecular formula is C15H22N2O2. The summed E-state index contributed by atoms with van der Waals surface area (Å²) in [6.07, 6.45) is 8.87. The number of aryl methyl sites for hydroxylation is 1. The zero-order chi connectivity index (χ0) is 13.3. The van der Waals surface area contributed by atoms with Gasteiger partial charge in [0.1, 0.15) is 5.76 Å². The number of carbonyl (C=O) groups is 1. The highest BCUT2D eigenvalue weighted by Gasteiger charge is 2.41. The van der Waals surface area contributed by atoms with E-state index in [1.165, 1.54) is 0 Å². The van der Waals surface area contributed by atoms with Crippen molar-refractivity contribution in [3.8, 4) is 0 Å². The normalized spacial score (nSPS) is 25.0. The number of fused-ring (bicyclic) bond motifs is 1. The van der Waals surface area contributed by atoms with E-state index in [1.807, 2.05) is 6.07 Å². The van der Waals surface area contributed by atoms with E-state index in [9.17, 15) is 4.79 Å². The van der Waals surface area contributed by atoms with E-state index >= 15 is 0 Å². The molecule has 104 valence electrons. The number of nitrogens with one attached hydrogen (secondary N) is 1. The number of amides is 1. The van der Waals surface area contributed by atoms with Gasteiger partial charge >= 0.3 is 0 Å². The summed E-state index contributed by atoms with van der Waals surface area (Å²) in [5.74, 6) is 1.18. The first kappa shape index (κ1) is 12.7. The molecule has 1 fully saturated rings. The van der Waals surface area contributed by atoms with Gasteiger partial charge in [0.15, 0.2) is 0 Å². The zero-order valence-corrected chi connectivity index (χ0v) is 11.3. The fourth-order valence-corrected chi connectivity index (χ4v) is 3.52. The smallest absolute Gasteiger partial charge is 0.227 e. The average Bonchev–Trinajstić information content (AvgIpc) is 3.08. The topological polar surface area (TPSA) is 68.3 Å². The number of rotatable bonds is 3. The van der Waals surface area contributed by atoms with Crippen molar-refractivity contribution in [3.05, 3.63) is 23.7 Å². The van der Waals surface area contributed by atoms with E-state index in [2.05, 4.69) is 5.32 Å². The Hall–Kier alpha value is -1.29. The summed E-state index contributed by atoms with van der Waals surface area (Å²) in [4.78, 5) is 12.6. The van der Waals surface area contributed by atoms with Crippen molar-refractivity contribution < 1.29 is 9.21 Å². The van der Waals surface area contributed by atoms with Gasteiger partial charge in [0.05, 0.1) is 17.7 Å². The highest BCUT2D eigenvalue weighted by atomic mass is 16.3. The summed E-state index contributed by atoms with van der Waals surface area (Å²) in [6.45, 7) is 0.462. The van der Waals surface area contributed by atoms with Gasteiger partial charge in [0, 0.05) is 18.5 Å². The quantitative estimate of drug-likeness (QED) is 0.878. The van der Waals surface area contributed by atoms with Crippen molar-refractivity contribution >= 4 is 5.91 Å². The molecule has 2 aliphatic rings. The summed E-state index contributed by atoms with van der Waals surface area (Å²) in [5, 5.41) is 3.22. The molecule has 0 spiro atoms. The van der Waals surface area contributed by atoms with Crippen LogP contribution in [0.25, 0.3) is 0 Å². The van der Waals surface area contributed by atoms with Gasteiger partial charge in [-0.15, -0.1) is 0 Å². The minimum Gasteiger partial charge on any atom is -0.469 e. The molecule has 1 heterocycles. The predicted molar refractivity (Wildman–Crippen MR) is 72.5 cm³/mol. The second-order valence-corrected chi connectivity index (χ2v) is 5.91. The van der Waals surface area contributed by atoms with Gasteiger partial charge in [0.2, 0.25) is 5.91 Å². The van der Waals surface area contributed by atoms with Gasteiger partial charge in [-0.05, 0) is 31.7 Å². The second-order valence-electron chi connectivity index (χ2n) is 5.91. The van der Waals surface area contributed by atoms with E-state index in [0.29, 0.717) is 6.54 Å². The van der Waals surface area contributed by atoms with Crippen LogP contribution in [0.5, 0.6) is 0 Å². The number of nitrogens with two attached hydrogens (primary N) is 1. The molecule has 1 atom stereocenters. The van der Waals surface area contributed by atoms with Gasteiger partial charge in [-0.25, -0.2) is 0 Å². The Balaban J connectivity index is 1.74. The number of carbonyl (C=O) groups excluding carboxylic acids is 1. The lowest BCUT2D eigenvalue weighted by atomic mass is 9.84. The molecular weight excluding hydrogens is 240 g/mol. The van der Waals surface area contributed by atoms with Crippen LogP contribution in [-0.4, -0.2) is 12.5 Å². The minimum atomic E-state index is -0.318. The molecule has 3 N–H and O–H groups in total. The third kappa shape index (κ3) is 2.18. The molecule has 0 saturated heterocycles. The first-order chi connectivity index (χ1) is 9.25. The van der Waals surface area contributed by atoms with Crippen molar-refractivity contribution in [3.63, 3.8) is 0 Å². The van der Waals surface area contributed by atoms with Crippen LogP contribution in [-0.2, 0) is 11.2 Å². The maximum atomic E-state index is 12.6. The van der Waals surface area contributed by atoms with Crippen molar-refractivity contribution in [2.75, 3.05) is 6.54 Å². The molecule has 1 aromatic rings. The van der Waals surface area contributed by atoms with E-state index in [1.54, 1.807) is 6.26 Å². The Morgan fingerprint density at radius 3 is 2.95 bits per heavy atom. The standard InChI is InChI=1S/C15H22N2O2/c16-10-15(7-1-2-8-15)14(18)17-12-4-3-5-13-11(12)6-9-19-13/h6,9,12H,1-5,7-8,10,16H2,(H,17,18). The Morgan fingerprint density at radius 2 is 2.21 bits per heavy atom. The lowest BCUT2D eigenvalue weighted by Gasteiger charge is -2.30. The number of hydrogen-bond donors (Lipinski definition) is 2. The molecule has 1 amide bonds. The van der Waals surface area contributed by atoms with Gasteiger partial charge < -0.3 is 15.5 Å². The van der Waals surface area contributed by atoms with Crippen LogP contribution in [0.2, 0.25) is 0 Å². The summed E-state index contributed by atoms with van der Waals surface area (Å²) in [5.41, 5.74) is 6.71. The summed E-state index contributed by atoms with van der Waals surface area (Å²) < 4.78 is 5.47. The van der Waals surface area contributed by atoms with E-state index in [0.717, 1.165) is 56.3 Å². The maximum Gasteiger partial charge on any atom is 0.227 e. The predicted octanol–water partition coefficient (Wildman–Crippen LogP) is 2.29. The van der Waals surface area contributed by atoms with Gasteiger partial charge in [-0.1, -0.05) is 12.8 Å². The van der Waals surface area contributed by atoms with E-state index < -0.39 is 0 Å². The molecule has 0 radical (unpaired) electrons. The molecule has 4 heteroatoms. The highest BCUT2D eigenvalue weighted by molar-refractivity contribution is 5.83. The SMILES string of the molecule is NCC1(C(=O)NC2CCCc3occc32)CCCC1. The summed E-state index contributed by atoms with van der Waals surface area (Å²) in [6, 6.07) is 2.10. The Kier molecular flexibility index (Phi) is 3.35. The molecule has 4 nitrogen and oxygen atoms in total. The molecule has 2 aliphatic carbocycles. The molecule has 0 aromatic carbocycles. The minimum absolute atomic E-state index is 0.110. The Labute approximate surface area is 113 Å². The lowest BCUT2D eigenvalue weighted by Crippen LogP contribution is -2.45. The molecule has 19 heavy (non-hydrogen) atoms. The third-order valence-electron chi connectivity index (χ3n) is 4.79. The zero-order valence-electron chi connectivity index (χ0n) is 11.3. The van der Waals surface area contributed by atoms with Crippen LogP contribution in [0, 0.1) is 5.41 Å². The summed E-state index contributed by atoms with van der Waals surface area (Å²) in [7, 11) is 0. The molecule has 1 aromatic heterocycles. The average molecular weight is 262 g/mol. The number of furan rings is 1. The van der Waals surface area contributed by atoms with Crippen LogP contribution < -0.4 is 11.1 Å². The van der Waals surface area contributed by atoms with Crippen LogP contribution in [0.15, 0.2) is 16.7 Å². The van der Waals surface area contributed by atoms with Crippen LogP contribution in [0.1, 0.15) is 55.9 Å². The highest BCUT2D eigenvalue weighted by Crippen LogP contribution is 2.39. The monoisotopic (exact) mass is 262 g/mol. The van der Waals surface area contributed by atoms with Gasteiger partial charge in [-0.2, -0.15) is 0 Å². The molecule has 0 aliphatic heterocycles. The molecule has 1 saturated carbocycles. The Morgan fingerprint density at radius 1 is 1.42 bits per heavy atom. The lowest BCUT2D eigenvalue weighted by molar-refractivity contribution is -0.131. The summed E-state index contributed by atoms with van der Waals surface area (Å²) >= 11 is 0. The fourth-order valence-electron chi connectivity index (χ4n) is 3.52. The van der Waals surface area contributed by atoms with Crippen LogP contribution >= 0.6 is 0 Å². The van der Waals surface area contributed by atoms with E-state index in [4.69, 9.17) is 10.2 Å². The van der Waals surface area contributed by atoms with Crippen molar-refractivity contribution in [1.82, 2.24) is 5.32 Å². The van der Waals surface area contributed by atoms with Crippen molar-refractivity contribution in [2.24, 2.45) is 11.1 Å². The fraction of sp³-hybridized carbons (Fsp3) is 0.667. The van der Waals surface area contributed by atoms with Crippen molar-refractivity contribution in [1.29, 1.82) is 0 Å². The second kappa shape index (κ2) is 5.00. The van der Waals surface area contributed by atoms with Gasteiger partial charge in [0.25, 0.3) is 0 Å². The van der Waals surface area contributed by atoms with Gasteiger partial charge in [-0.3, -0.25) is 4.79 Å². The molecule has 1 unspecified atom stereocenters. The molecule has 0 bridgehead atoms. The largest absolute Gasteiger partial charge is 0.469 e. The van der Waals surface area contributed by atoms with E-state index in [-0.39, 0.29) is 17.4 Å². The third-order valence-corrected chi connectivity index (χ3v) is 4.79. The maximum absolute atomic E-state index is 12.6. The van der Waals surface area contributed by atoms with Crippen LogP contribution in [0.3, 0.4) is 0 Å².